The van der Waals surface area contributed by atoms with E-state index < -0.39 is 0 Å². The molecule has 3 heteroatoms. The van der Waals surface area contributed by atoms with E-state index in [0.717, 1.165) is 22.0 Å². The molecule has 0 aromatic heterocycles. The molecule has 0 saturated carbocycles. The standard InChI is InChI=1S/C13H16O2S/c1-13(2)6-5-9-7-11(14-3)12(16-4)8-10(9)15-13/h5-8H,1-4H3. The fourth-order valence-electron chi connectivity index (χ4n) is 1.70. The van der Waals surface area contributed by atoms with Crippen LogP contribution in [0.2, 0.25) is 0 Å². The van der Waals surface area contributed by atoms with Crippen molar-refractivity contribution in [2.24, 2.45) is 0 Å². The molecule has 16 heavy (non-hydrogen) atoms. The first-order valence-corrected chi connectivity index (χ1v) is 6.42. The second-order valence-electron chi connectivity index (χ2n) is 4.28. The Morgan fingerprint density at radius 1 is 1.31 bits per heavy atom. The lowest BCUT2D eigenvalue weighted by molar-refractivity contribution is 0.158. The van der Waals surface area contributed by atoms with Gasteiger partial charge in [0.1, 0.15) is 17.1 Å². The fraction of sp³-hybridized carbons (Fsp3) is 0.385. The molecule has 0 aliphatic carbocycles. The summed E-state index contributed by atoms with van der Waals surface area (Å²) in [4.78, 5) is 1.10. The molecular weight excluding hydrogens is 220 g/mol. The molecule has 0 fully saturated rings. The van der Waals surface area contributed by atoms with E-state index in [-0.39, 0.29) is 5.60 Å². The number of hydrogen-bond acceptors (Lipinski definition) is 3. The predicted molar refractivity (Wildman–Crippen MR) is 68.5 cm³/mol. The lowest BCUT2D eigenvalue weighted by atomic mass is 10.0. The Morgan fingerprint density at radius 3 is 2.69 bits per heavy atom. The Kier molecular flexibility index (Phi) is 2.89. The van der Waals surface area contributed by atoms with Crippen LogP contribution in [0.3, 0.4) is 0 Å². The van der Waals surface area contributed by atoms with Crippen LogP contribution in [0.5, 0.6) is 11.5 Å². The van der Waals surface area contributed by atoms with Gasteiger partial charge >= 0.3 is 0 Å². The number of fused-ring (bicyclic) bond motifs is 1. The summed E-state index contributed by atoms with van der Waals surface area (Å²) in [6.07, 6.45) is 6.19. The maximum absolute atomic E-state index is 5.91. The number of benzene rings is 1. The number of hydrogen-bond donors (Lipinski definition) is 0. The third kappa shape index (κ3) is 2.05. The Morgan fingerprint density at radius 2 is 2.06 bits per heavy atom. The largest absolute Gasteiger partial charge is 0.496 e. The minimum absolute atomic E-state index is 0.225. The van der Waals surface area contributed by atoms with Crippen molar-refractivity contribution in [2.75, 3.05) is 13.4 Å². The van der Waals surface area contributed by atoms with Gasteiger partial charge in [-0.05, 0) is 38.3 Å². The van der Waals surface area contributed by atoms with Gasteiger partial charge in [0.05, 0.1) is 12.0 Å². The first kappa shape index (κ1) is 11.4. The zero-order chi connectivity index (χ0) is 11.8. The second-order valence-corrected chi connectivity index (χ2v) is 5.13. The van der Waals surface area contributed by atoms with Crippen LogP contribution in [-0.2, 0) is 0 Å². The van der Waals surface area contributed by atoms with Gasteiger partial charge < -0.3 is 9.47 Å². The van der Waals surface area contributed by atoms with Crippen LogP contribution in [-0.4, -0.2) is 19.0 Å². The van der Waals surface area contributed by atoms with Gasteiger partial charge in [-0.1, -0.05) is 6.08 Å². The zero-order valence-electron chi connectivity index (χ0n) is 10.0. The Hall–Kier alpha value is -1.09. The molecular formula is C13H16O2S. The molecule has 0 radical (unpaired) electrons. The highest BCUT2D eigenvalue weighted by molar-refractivity contribution is 7.98. The van der Waals surface area contributed by atoms with Gasteiger partial charge in [0.25, 0.3) is 0 Å². The smallest absolute Gasteiger partial charge is 0.133 e. The van der Waals surface area contributed by atoms with Crippen LogP contribution >= 0.6 is 11.8 Å². The molecule has 1 aromatic carbocycles. The Balaban J connectivity index is 2.49. The summed E-state index contributed by atoms with van der Waals surface area (Å²) in [5.41, 5.74) is 0.853. The second kappa shape index (κ2) is 4.06. The Labute approximate surface area is 101 Å². The van der Waals surface area contributed by atoms with E-state index in [1.807, 2.05) is 18.4 Å². The minimum Gasteiger partial charge on any atom is -0.496 e. The van der Waals surface area contributed by atoms with Crippen molar-refractivity contribution in [3.63, 3.8) is 0 Å². The predicted octanol–water partition coefficient (Wildman–Crippen LogP) is 3.60. The molecule has 86 valence electrons. The lowest BCUT2D eigenvalue weighted by Crippen LogP contribution is -2.27. The third-order valence-corrected chi connectivity index (χ3v) is 3.31. The van der Waals surface area contributed by atoms with E-state index in [2.05, 4.69) is 26.0 Å². The summed E-state index contributed by atoms with van der Waals surface area (Å²) >= 11 is 1.66. The number of rotatable bonds is 2. The SMILES string of the molecule is COc1cc2c(cc1SC)OC(C)(C)C=C2. The monoisotopic (exact) mass is 236 g/mol. The molecule has 0 unspecified atom stereocenters. The van der Waals surface area contributed by atoms with Crippen molar-refractivity contribution in [1.29, 1.82) is 0 Å². The first-order chi connectivity index (χ1) is 7.55. The van der Waals surface area contributed by atoms with Crippen LogP contribution in [0.25, 0.3) is 6.08 Å². The van der Waals surface area contributed by atoms with Crippen molar-refractivity contribution >= 4 is 17.8 Å². The first-order valence-electron chi connectivity index (χ1n) is 5.20. The zero-order valence-corrected chi connectivity index (χ0v) is 10.9. The molecule has 0 amide bonds. The van der Waals surface area contributed by atoms with E-state index in [4.69, 9.17) is 9.47 Å². The molecule has 2 rings (SSSR count). The summed E-state index contributed by atoms with van der Waals surface area (Å²) in [6.45, 7) is 4.10. The number of ether oxygens (including phenoxy) is 2. The van der Waals surface area contributed by atoms with Gasteiger partial charge in [-0.3, -0.25) is 0 Å². The molecule has 1 aliphatic heterocycles. The minimum atomic E-state index is -0.225. The maximum Gasteiger partial charge on any atom is 0.133 e. The summed E-state index contributed by atoms with van der Waals surface area (Å²) in [5, 5.41) is 0. The average Bonchev–Trinajstić information content (AvgIpc) is 2.26. The lowest BCUT2D eigenvalue weighted by Gasteiger charge is -2.28. The van der Waals surface area contributed by atoms with Crippen LogP contribution < -0.4 is 9.47 Å². The molecule has 2 nitrogen and oxygen atoms in total. The molecule has 1 heterocycles. The van der Waals surface area contributed by atoms with Gasteiger partial charge in [-0.15, -0.1) is 11.8 Å². The van der Waals surface area contributed by atoms with Gasteiger partial charge in [-0.25, -0.2) is 0 Å². The highest BCUT2D eigenvalue weighted by Crippen LogP contribution is 2.39. The fourth-order valence-corrected chi connectivity index (χ4v) is 2.27. The van der Waals surface area contributed by atoms with Crippen LogP contribution in [0, 0.1) is 0 Å². The normalized spacial score (nSPS) is 16.5. The van der Waals surface area contributed by atoms with E-state index in [1.165, 1.54) is 0 Å². The molecule has 1 aliphatic rings. The van der Waals surface area contributed by atoms with E-state index in [9.17, 15) is 0 Å². The van der Waals surface area contributed by atoms with Crippen molar-refractivity contribution in [1.82, 2.24) is 0 Å². The summed E-state index contributed by atoms with van der Waals surface area (Å²) in [7, 11) is 1.69. The van der Waals surface area contributed by atoms with Gasteiger partial charge in [0.15, 0.2) is 0 Å². The number of thioether (sulfide) groups is 1. The van der Waals surface area contributed by atoms with Gasteiger partial charge in [0, 0.05) is 5.56 Å². The summed E-state index contributed by atoms with van der Waals surface area (Å²) in [5.74, 6) is 1.83. The average molecular weight is 236 g/mol. The van der Waals surface area contributed by atoms with Crippen molar-refractivity contribution in [3.05, 3.63) is 23.8 Å². The molecule has 0 N–H and O–H groups in total. The van der Waals surface area contributed by atoms with Crippen molar-refractivity contribution in [2.45, 2.75) is 24.3 Å². The molecule has 0 atom stereocenters. The molecule has 0 saturated heterocycles. The van der Waals surface area contributed by atoms with Crippen LogP contribution in [0.1, 0.15) is 19.4 Å². The van der Waals surface area contributed by atoms with Gasteiger partial charge in [0.2, 0.25) is 0 Å². The molecule has 0 spiro atoms. The van der Waals surface area contributed by atoms with Crippen molar-refractivity contribution < 1.29 is 9.47 Å². The highest BCUT2D eigenvalue weighted by Gasteiger charge is 2.22. The van der Waals surface area contributed by atoms with E-state index >= 15 is 0 Å². The molecule has 0 bridgehead atoms. The topological polar surface area (TPSA) is 18.5 Å². The molecule has 1 aromatic rings. The summed E-state index contributed by atoms with van der Waals surface area (Å²) < 4.78 is 11.2. The van der Waals surface area contributed by atoms with E-state index in [1.54, 1.807) is 18.9 Å². The quantitative estimate of drug-likeness (QED) is 0.731. The summed E-state index contributed by atoms with van der Waals surface area (Å²) in [6, 6.07) is 4.07. The third-order valence-electron chi connectivity index (χ3n) is 2.55. The van der Waals surface area contributed by atoms with Crippen LogP contribution in [0.4, 0.5) is 0 Å². The van der Waals surface area contributed by atoms with Gasteiger partial charge in [-0.2, -0.15) is 0 Å². The van der Waals surface area contributed by atoms with Crippen molar-refractivity contribution in [3.8, 4) is 11.5 Å². The maximum atomic E-state index is 5.91. The van der Waals surface area contributed by atoms with Crippen LogP contribution in [0.15, 0.2) is 23.1 Å². The number of methoxy groups -OCH3 is 1. The highest BCUT2D eigenvalue weighted by atomic mass is 32.2. The Bertz CT molecular complexity index is 436. The van der Waals surface area contributed by atoms with E-state index in [0.29, 0.717) is 0 Å².